The Hall–Kier alpha value is -0.370. The first kappa shape index (κ1) is 19.7. The summed E-state index contributed by atoms with van der Waals surface area (Å²) < 4.78 is 52.1. The third kappa shape index (κ3) is 4.81. The number of nitrogens with one attached hydrogen (secondary N) is 1. The average molecular weight is 406 g/mol. The standard InChI is InChI=1S/C14H17BrF4N2.ClH/c15-12-2-1-10(14(17,18)19)9-11(12)13(3-4-16)21-7-5-20-6-8-21;/h1-2,9,13,20H,3-8H2;1H/t13-;/m0./s1. The molecular weight excluding hydrogens is 388 g/mol. The topological polar surface area (TPSA) is 15.3 Å². The maximum atomic E-state index is 12.9. The Bertz CT molecular complexity index is 478. The molecule has 2 rings (SSSR count). The average Bonchev–Trinajstić information content (AvgIpc) is 2.45. The Labute approximate surface area is 141 Å². The second-order valence-corrected chi connectivity index (χ2v) is 5.87. The van der Waals surface area contributed by atoms with Crippen molar-refractivity contribution in [1.29, 1.82) is 0 Å². The van der Waals surface area contributed by atoms with E-state index in [0.29, 0.717) is 23.1 Å². The van der Waals surface area contributed by atoms with Crippen LogP contribution in [0.1, 0.15) is 23.6 Å². The van der Waals surface area contributed by atoms with E-state index >= 15 is 0 Å². The van der Waals surface area contributed by atoms with Crippen LogP contribution in [0.25, 0.3) is 0 Å². The van der Waals surface area contributed by atoms with Crippen LogP contribution in [-0.2, 0) is 6.18 Å². The fraction of sp³-hybridized carbons (Fsp3) is 0.571. The fourth-order valence-electron chi connectivity index (χ4n) is 2.61. The molecule has 22 heavy (non-hydrogen) atoms. The molecule has 1 aliphatic rings. The predicted molar refractivity (Wildman–Crippen MR) is 84.2 cm³/mol. The molecule has 1 N–H and O–H groups in total. The number of piperazine rings is 1. The van der Waals surface area contributed by atoms with Crippen molar-refractivity contribution in [2.75, 3.05) is 32.9 Å². The maximum Gasteiger partial charge on any atom is 0.416 e. The zero-order chi connectivity index (χ0) is 15.5. The molecule has 0 saturated carbocycles. The first-order valence-corrected chi connectivity index (χ1v) is 7.60. The highest BCUT2D eigenvalue weighted by atomic mass is 79.9. The molecule has 2 nitrogen and oxygen atoms in total. The van der Waals surface area contributed by atoms with Crippen molar-refractivity contribution in [3.8, 4) is 0 Å². The Morgan fingerprint density at radius 2 is 1.86 bits per heavy atom. The number of alkyl halides is 4. The number of rotatable bonds is 4. The zero-order valence-electron chi connectivity index (χ0n) is 11.8. The van der Waals surface area contributed by atoms with Crippen LogP contribution >= 0.6 is 28.3 Å². The second-order valence-electron chi connectivity index (χ2n) is 5.01. The SMILES string of the molecule is Cl.FCC[C@@H](c1cc(C(F)(F)F)ccc1Br)N1CCNCC1. The quantitative estimate of drug-likeness (QED) is 0.756. The van der Waals surface area contributed by atoms with Crippen LogP contribution in [0.4, 0.5) is 17.6 Å². The van der Waals surface area contributed by atoms with Crippen LogP contribution in [0.3, 0.4) is 0 Å². The molecule has 0 bridgehead atoms. The van der Waals surface area contributed by atoms with Crippen LogP contribution in [0, 0.1) is 0 Å². The van der Waals surface area contributed by atoms with Crippen molar-refractivity contribution < 1.29 is 17.6 Å². The van der Waals surface area contributed by atoms with Crippen molar-refractivity contribution in [3.63, 3.8) is 0 Å². The van der Waals surface area contributed by atoms with Crippen LogP contribution < -0.4 is 5.32 Å². The summed E-state index contributed by atoms with van der Waals surface area (Å²) >= 11 is 3.30. The van der Waals surface area contributed by atoms with Gasteiger partial charge in [-0.25, -0.2) is 0 Å². The lowest BCUT2D eigenvalue weighted by molar-refractivity contribution is -0.137. The van der Waals surface area contributed by atoms with Crippen molar-refractivity contribution in [2.45, 2.75) is 18.6 Å². The second kappa shape index (κ2) is 8.47. The van der Waals surface area contributed by atoms with Gasteiger partial charge in [-0.05, 0) is 30.2 Å². The van der Waals surface area contributed by atoms with Gasteiger partial charge in [-0.1, -0.05) is 15.9 Å². The highest BCUT2D eigenvalue weighted by Crippen LogP contribution is 2.36. The van der Waals surface area contributed by atoms with Gasteiger partial charge in [0.25, 0.3) is 0 Å². The first-order valence-electron chi connectivity index (χ1n) is 6.81. The summed E-state index contributed by atoms with van der Waals surface area (Å²) in [6, 6.07) is 3.23. The van der Waals surface area contributed by atoms with E-state index in [1.54, 1.807) is 0 Å². The number of halogens is 6. The van der Waals surface area contributed by atoms with E-state index in [9.17, 15) is 17.6 Å². The predicted octanol–water partition coefficient (Wildman–Crippen LogP) is 4.20. The minimum atomic E-state index is -4.39. The van der Waals surface area contributed by atoms with E-state index in [-0.39, 0.29) is 24.9 Å². The Balaban J connectivity index is 0.00000242. The molecule has 0 spiro atoms. The number of hydrogen-bond acceptors (Lipinski definition) is 2. The van der Waals surface area contributed by atoms with E-state index in [2.05, 4.69) is 21.2 Å². The summed E-state index contributed by atoms with van der Waals surface area (Å²) in [5.74, 6) is 0. The fourth-order valence-corrected chi connectivity index (χ4v) is 3.12. The molecule has 0 aromatic heterocycles. The molecule has 126 valence electrons. The molecule has 1 heterocycles. The highest BCUT2D eigenvalue weighted by molar-refractivity contribution is 9.10. The van der Waals surface area contributed by atoms with Crippen LogP contribution in [0.2, 0.25) is 0 Å². The Morgan fingerprint density at radius 1 is 1.23 bits per heavy atom. The first-order chi connectivity index (χ1) is 9.93. The van der Waals surface area contributed by atoms with Gasteiger partial charge in [0.1, 0.15) is 0 Å². The third-order valence-corrected chi connectivity index (χ3v) is 4.38. The van der Waals surface area contributed by atoms with Crippen molar-refractivity contribution in [1.82, 2.24) is 10.2 Å². The minimum Gasteiger partial charge on any atom is -0.314 e. The molecule has 1 aliphatic heterocycles. The maximum absolute atomic E-state index is 12.9. The van der Waals surface area contributed by atoms with E-state index in [1.807, 2.05) is 4.90 Å². The highest BCUT2D eigenvalue weighted by Gasteiger charge is 2.32. The van der Waals surface area contributed by atoms with Crippen molar-refractivity contribution in [3.05, 3.63) is 33.8 Å². The molecule has 1 atom stereocenters. The number of benzene rings is 1. The van der Waals surface area contributed by atoms with Gasteiger partial charge < -0.3 is 5.32 Å². The summed E-state index contributed by atoms with van der Waals surface area (Å²) in [4.78, 5) is 2.04. The molecular formula is C14H18BrClF4N2. The normalized spacial score (nSPS) is 17.9. The zero-order valence-corrected chi connectivity index (χ0v) is 14.2. The van der Waals surface area contributed by atoms with Crippen molar-refractivity contribution >= 4 is 28.3 Å². The Kier molecular flexibility index (Phi) is 7.58. The van der Waals surface area contributed by atoms with Crippen LogP contribution in [-0.4, -0.2) is 37.8 Å². The third-order valence-electron chi connectivity index (χ3n) is 3.66. The molecule has 0 radical (unpaired) electrons. The minimum absolute atomic E-state index is 0. The van der Waals surface area contributed by atoms with Gasteiger partial charge in [-0.15, -0.1) is 12.4 Å². The summed E-state index contributed by atoms with van der Waals surface area (Å²) in [5.41, 5.74) is -0.191. The summed E-state index contributed by atoms with van der Waals surface area (Å²) in [6.45, 7) is 2.37. The molecule has 0 unspecified atom stereocenters. The molecule has 0 aliphatic carbocycles. The van der Waals surface area contributed by atoms with E-state index in [4.69, 9.17) is 0 Å². The van der Waals surface area contributed by atoms with E-state index in [0.717, 1.165) is 25.2 Å². The lowest BCUT2D eigenvalue weighted by Gasteiger charge is -2.35. The van der Waals surface area contributed by atoms with Gasteiger partial charge in [-0.2, -0.15) is 13.2 Å². The summed E-state index contributed by atoms with van der Waals surface area (Å²) in [5, 5.41) is 3.19. The van der Waals surface area contributed by atoms with Crippen LogP contribution in [0.5, 0.6) is 0 Å². The lowest BCUT2D eigenvalue weighted by Crippen LogP contribution is -2.45. The van der Waals surface area contributed by atoms with Gasteiger partial charge >= 0.3 is 6.18 Å². The van der Waals surface area contributed by atoms with Gasteiger partial charge in [0.2, 0.25) is 0 Å². The van der Waals surface area contributed by atoms with Gasteiger partial charge in [0, 0.05) is 36.7 Å². The van der Waals surface area contributed by atoms with E-state index in [1.165, 1.54) is 6.07 Å². The molecule has 1 fully saturated rings. The largest absolute Gasteiger partial charge is 0.416 e. The van der Waals surface area contributed by atoms with Crippen LogP contribution in [0.15, 0.2) is 22.7 Å². The molecule has 1 aromatic carbocycles. The van der Waals surface area contributed by atoms with Gasteiger partial charge in [0.15, 0.2) is 0 Å². The molecule has 8 heteroatoms. The molecule has 1 saturated heterocycles. The lowest BCUT2D eigenvalue weighted by atomic mass is 9.99. The Morgan fingerprint density at radius 3 is 2.41 bits per heavy atom. The van der Waals surface area contributed by atoms with Gasteiger partial charge in [0.05, 0.1) is 12.2 Å². The van der Waals surface area contributed by atoms with Gasteiger partial charge in [-0.3, -0.25) is 9.29 Å². The summed E-state index contributed by atoms with van der Waals surface area (Å²) in [7, 11) is 0. The smallest absolute Gasteiger partial charge is 0.314 e. The molecule has 1 aromatic rings. The number of hydrogen-bond donors (Lipinski definition) is 1. The van der Waals surface area contributed by atoms with E-state index < -0.39 is 18.4 Å². The van der Waals surface area contributed by atoms with Crippen molar-refractivity contribution in [2.24, 2.45) is 0 Å². The number of nitrogens with zero attached hydrogens (tertiary/aromatic N) is 1. The summed E-state index contributed by atoms with van der Waals surface area (Å²) in [6.07, 6.45) is -4.20. The monoisotopic (exact) mass is 404 g/mol. The molecule has 0 amide bonds.